The molecule has 0 saturated carbocycles. The molecule has 2 saturated heterocycles. The van der Waals surface area contributed by atoms with Gasteiger partial charge in [-0.25, -0.2) is 0 Å². The smallest absolute Gasteiger partial charge is 0.257 e. The fourth-order valence-corrected chi connectivity index (χ4v) is 3.83. The molecule has 2 fully saturated rings. The lowest BCUT2D eigenvalue weighted by molar-refractivity contribution is -0.187. The third kappa shape index (κ3) is 2.79. The molecule has 3 aliphatic heterocycles. The summed E-state index contributed by atoms with van der Waals surface area (Å²) in [5.74, 6) is 0.991. The molecule has 0 radical (unpaired) electrons. The second-order valence-corrected chi connectivity index (χ2v) is 7.03. The molecule has 140 valence electrons. The summed E-state index contributed by atoms with van der Waals surface area (Å²) in [6, 6.07) is 5.08. The van der Waals surface area contributed by atoms with E-state index in [0.717, 1.165) is 0 Å². The summed E-state index contributed by atoms with van der Waals surface area (Å²) in [5.41, 5.74) is 0.116. The van der Waals surface area contributed by atoms with Gasteiger partial charge in [0.05, 0.1) is 25.3 Å². The van der Waals surface area contributed by atoms with E-state index >= 15 is 0 Å². The van der Waals surface area contributed by atoms with Gasteiger partial charge in [0, 0.05) is 13.6 Å². The van der Waals surface area contributed by atoms with Crippen molar-refractivity contribution in [2.75, 3.05) is 53.6 Å². The normalized spacial score (nSPS) is 24.1. The summed E-state index contributed by atoms with van der Waals surface area (Å²) in [6.45, 7) is 2.87. The van der Waals surface area contributed by atoms with Gasteiger partial charge in [0.1, 0.15) is 24.9 Å². The maximum Gasteiger partial charge on any atom is 0.257 e. The number of morpholine rings is 1. The first-order valence-corrected chi connectivity index (χ1v) is 8.77. The zero-order valence-electron chi connectivity index (χ0n) is 15.0. The molecule has 3 heterocycles. The summed E-state index contributed by atoms with van der Waals surface area (Å²) in [4.78, 5) is 28.5. The molecule has 0 aliphatic carbocycles. The van der Waals surface area contributed by atoms with Gasteiger partial charge in [-0.1, -0.05) is 6.07 Å². The van der Waals surface area contributed by atoms with Crippen LogP contribution in [0.2, 0.25) is 0 Å². The van der Waals surface area contributed by atoms with Gasteiger partial charge >= 0.3 is 0 Å². The van der Waals surface area contributed by atoms with Crippen molar-refractivity contribution in [1.82, 2.24) is 15.1 Å². The van der Waals surface area contributed by atoms with E-state index in [4.69, 9.17) is 14.2 Å². The zero-order valence-corrected chi connectivity index (χ0v) is 15.0. The van der Waals surface area contributed by atoms with Crippen LogP contribution in [0.3, 0.4) is 0 Å². The van der Waals surface area contributed by atoms with Crippen LogP contribution in [0.15, 0.2) is 18.2 Å². The number of nitrogens with one attached hydrogen (secondary N) is 1. The van der Waals surface area contributed by atoms with E-state index in [1.165, 1.54) is 0 Å². The van der Waals surface area contributed by atoms with Gasteiger partial charge in [0.15, 0.2) is 11.5 Å². The number of carbonyl (C=O) groups is 2. The van der Waals surface area contributed by atoms with Gasteiger partial charge in [-0.2, -0.15) is 0 Å². The molecule has 1 N–H and O–H groups in total. The van der Waals surface area contributed by atoms with Crippen molar-refractivity contribution in [2.45, 2.75) is 11.6 Å². The first-order chi connectivity index (χ1) is 12.5. The van der Waals surface area contributed by atoms with Crippen LogP contribution in [-0.4, -0.2) is 86.8 Å². The van der Waals surface area contributed by atoms with E-state index in [0.29, 0.717) is 56.5 Å². The number of amides is 2. The third-order valence-corrected chi connectivity index (χ3v) is 5.21. The third-order valence-electron chi connectivity index (χ3n) is 5.21. The number of carbonyl (C=O) groups excluding carboxylic acids is 2. The van der Waals surface area contributed by atoms with Gasteiger partial charge in [0.25, 0.3) is 5.91 Å². The van der Waals surface area contributed by atoms with Crippen molar-refractivity contribution in [1.29, 1.82) is 0 Å². The highest BCUT2D eigenvalue weighted by Crippen LogP contribution is 2.37. The molecule has 1 aromatic rings. The second kappa shape index (κ2) is 6.44. The molecule has 0 aromatic heterocycles. The molecular formula is C18H23N3O5. The highest BCUT2D eigenvalue weighted by molar-refractivity contribution is 5.98. The van der Waals surface area contributed by atoms with Crippen LogP contribution in [-0.2, 0) is 9.53 Å². The average Bonchev–Trinajstić information content (AvgIpc) is 2.64. The van der Waals surface area contributed by atoms with Crippen LogP contribution in [0.25, 0.3) is 0 Å². The number of fused-ring (bicyclic) bond motifs is 1. The predicted octanol–water partition coefficient (Wildman–Crippen LogP) is -0.271. The molecule has 1 spiro atoms. The van der Waals surface area contributed by atoms with Crippen LogP contribution in [0.4, 0.5) is 0 Å². The molecule has 26 heavy (non-hydrogen) atoms. The number of ether oxygens (including phenoxy) is 3. The summed E-state index contributed by atoms with van der Waals surface area (Å²) >= 11 is 0. The molecule has 1 atom stereocenters. The first kappa shape index (κ1) is 17.1. The summed E-state index contributed by atoms with van der Waals surface area (Å²) in [7, 11) is 3.53. The van der Waals surface area contributed by atoms with Crippen LogP contribution < -0.4 is 14.8 Å². The van der Waals surface area contributed by atoms with Crippen molar-refractivity contribution in [2.24, 2.45) is 0 Å². The van der Waals surface area contributed by atoms with Gasteiger partial charge < -0.3 is 24.4 Å². The monoisotopic (exact) mass is 361 g/mol. The Balaban J connectivity index is 1.43. The molecule has 8 nitrogen and oxygen atoms in total. The second-order valence-electron chi connectivity index (χ2n) is 7.03. The van der Waals surface area contributed by atoms with Crippen LogP contribution in [0.5, 0.6) is 11.5 Å². The largest absolute Gasteiger partial charge is 0.486 e. The number of benzene rings is 1. The maximum atomic E-state index is 12.9. The summed E-state index contributed by atoms with van der Waals surface area (Å²) < 4.78 is 17.2. The first-order valence-electron chi connectivity index (χ1n) is 8.77. The number of likely N-dealkylation sites (N-methyl/N-ethyl adjacent to an activating group) is 2. The van der Waals surface area contributed by atoms with E-state index in [-0.39, 0.29) is 17.9 Å². The Morgan fingerprint density at radius 2 is 1.96 bits per heavy atom. The van der Waals surface area contributed by atoms with Crippen LogP contribution >= 0.6 is 0 Å². The fourth-order valence-electron chi connectivity index (χ4n) is 3.83. The molecule has 0 bridgehead atoms. The minimum absolute atomic E-state index is 0.0531. The van der Waals surface area contributed by atoms with Crippen molar-refractivity contribution >= 4 is 11.8 Å². The molecular weight excluding hydrogens is 338 g/mol. The van der Waals surface area contributed by atoms with Gasteiger partial charge in [-0.15, -0.1) is 0 Å². The molecule has 8 heteroatoms. The average molecular weight is 361 g/mol. The number of hydrogen-bond donors (Lipinski definition) is 1. The predicted molar refractivity (Wildman–Crippen MR) is 92.5 cm³/mol. The minimum Gasteiger partial charge on any atom is -0.486 e. The highest BCUT2D eigenvalue weighted by Gasteiger charge is 2.51. The van der Waals surface area contributed by atoms with Crippen molar-refractivity contribution in [3.05, 3.63) is 23.8 Å². The summed E-state index contributed by atoms with van der Waals surface area (Å²) in [6.07, 6.45) is 0. The Labute approximate surface area is 152 Å². The standard InChI is InChI=1S/C18H23N3O5/c1-19-16(22)13-8-26-18(9-20(13)2)10-21(11-18)17(23)12-4-3-5-14-15(12)25-7-6-24-14/h3-5,13H,6-11H2,1-2H3,(H,19,22)/t13-/m0/s1. The Bertz CT molecular complexity index is 732. The van der Waals surface area contributed by atoms with Gasteiger partial charge in [-0.3, -0.25) is 14.5 Å². The zero-order chi connectivity index (χ0) is 18.3. The molecule has 3 aliphatic rings. The van der Waals surface area contributed by atoms with E-state index in [1.54, 1.807) is 30.1 Å². The fraction of sp³-hybridized carbons (Fsp3) is 0.556. The molecule has 2 amide bonds. The topological polar surface area (TPSA) is 80.3 Å². The van der Waals surface area contributed by atoms with Crippen LogP contribution in [0, 0.1) is 0 Å². The number of nitrogens with zero attached hydrogens (tertiary/aromatic N) is 2. The van der Waals surface area contributed by atoms with E-state index in [1.807, 2.05) is 11.9 Å². The number of rotatable bonds is 2. The highest BCUT2D eigenvalue weighted by atomic mass is 16.6. The quantitative estimate of drug-likeness (QED) is 0.781. The minimum atomic E-state index is -0.402. The summed E-state index contributed by atoms with van der Waals surface area (Å²) in [5, 5.41) is 2.66. The van der Waals surface area contributed by atoms with Crippen molar-refractivity contribution in [3.8, 4) is 11.5 Å². The number of para-hydroxylation sites is 1. The SMILES string of the molecule is CNC(=O)[C@@H]1COC2(CN(C(=O)c3cccc4c3OCCO4)C2)CN1C. The van der Waals surface area contributed by atoms with Crippen molar-refractivity contribution < 1.29 is 23.8 Å². The van der Waals surface area contributed by atoms with Crippen LogP contribution in [0.1, 0.15) is 10.4 Å². The van der Waals surface area contributed by atoms with E-state index in [2.05, 4.69) is 5.32 Å². The molecule has 0 unspecified atom stereocenters. The number of hydrogen-bond acceptors (Lipinski definition) is 6. The molecule has 1 aromatic carbocycles. The Morgan fingerprint density at radius 1 is 1.19 bits per heavy atom. The number of likely N-dealkylation sites (tertiary alicyclic amines) is 1. The van der Waals surface area contributed by atoms with E-state index in [9.17, 15) is 9.59 Å². The Kier molecular flexibility index (Phi) is 4.24. The maximum absolute atomic E-state index is 12.9. The van der Waals surface area contributed by atoms with Crippen molar-refractivity contribution in [3.63, 3.8) is 0 Å². The van der Waals surface area contributed by atoms with E-state index < -0.39 is 5.60 Å². The van der Waals surface area contributed by atoms with Gasteiger partial charge in [0.2, 0.25) is 5.91 Å². The Morgan fingerprint density at radius 3 is 2.69 bits per heavy atom. The van der Waals surface area contributed by atoms with Gasteiger partial charge in [-0.05, 0) is 19.2 Å². The lowest BCUT2D eigenvalue weighted by atomic mass is 9.89. The molecule has 4 rings (SSSR count). The lowest BCUT2D eigenvalue weighted by Gasteiger charge is -2.54. The Hall–Kier alpha value is -2.32. The lowest BCUT2D eigenvalue weighted by Crippen LogP contribution is -2.73.